The average molecular weight is 388 g/mol. The van der Waals surface area contributed by atoms with Crippen molar-refractivity contribution >= 4 is 51.0 Å². The van der Waals surface area contributed by atoms with Crippen LogP contribution in [0.15, 0.2) is 12.3 Å². The molecule has 0 aliphatic heterocycles. The van der Waals surface area contributed by atoms with Gasteiger partial charge in [0.2, 0.25) is 5.91 Å². The zero-order valence-electron chi connectivity index (χ0n) is 10.5. The Kier molecular flexibility index (Phi) is 3.71. The second kappa shape index (κ2) is 5.32. The Labute approximate surface area is 125 Å². The minimum atomic E-state index is -0.104. The third kappa shape index (κ3) is 2.89. The minimum Gasteiger partial charge on any atom is -0.311 e. The first-order valence-electron chi connectivity index (χ1n) is 6.19. The van der Waals surface area contributed by atoms with Crippen LogP contribution in [0.25, 0.3) is 10.9 Å². The highest BCUT2D eigenvalue weighted by Gasteiger charge is 2.24. The van der Waals surface area contributed by atoms with Gasteiger partial charge in [0.05, 0.1) is 17.6 Å². The predicted octanol–water partition coefficient (Wildman–Crippen LogP) is 3.13. The van der Waals surface area contributed by atoms with Crippen molar-refractivity contribution in [2.45, 2.75) is 26.2 Å². The SMILES string of the molecule is CC(=O)Nc1cc2c(cn1)c(CC1CC1)nn2PI. The maximum atomic E-state index is 11.1. The zero-order valence-corrected chi connectivity index (χ0v) is 13.6. The lowest BCUT2D eigenvalue weighted by Crippen LogP contribution is -2.07. The average Bonchev–Trinajstić information content (AvgIpc) is 3.11. The summed E-state index contributed by atoms with van der Waals surface area (Å²) in [4.78, 5) is 15.4. The number of carbonyl (C=O) groups excluding carboxylic acids is 1. The standard InChI is InChI=1S/C12H14IN4OP/c1-7(18)15-12-5-11-9(6-14-12)10(4-8-2-3-8)16-17(11)19-13/h5-6,8,19H,2-4H2,1H3,(H,14,15,18). The third-order valence-corrected chi connectivity index (χ3v) is 5.08. The number of nitrogens with one attached hydrogen (secondary N) is 1. The zero-order chi connectivity index (χ0) is 13.4. The van der Waals surface area contributed by atoms with Crippen LogP contribution in [0.2, 0.25) is 0 Å². The van der Waals surface area contributed by atoms with Crippen LogP contribution in [0.4, 0.5) is 5.82 Å². The number of hydrogen-bond acceptors (Lipinski definition) is 3. The Hall–Kier alpha value is -0.750. The molecule has 1 unspecified atom stereocenters. The third-order valence-electron chi connectivity index (χ3n) is 3.21. The molecule has 1 atom stereocenters. The molecule has 3 rings (SSSR count). The molecule has 0 saturated heterocycles. The quantitative estimate of drug-likeness (QED) is 0.647. The smallest absolute Gasteiger partial charge is 0.222 e. The highest BCUT2D eigenvalue weighted by molar-refractivity contribution is 14.2. The maximum absolute atomic E-state index is 11.1. The number of fused-ring (bicyclic) bond motifs is 1. The number of hydrogen-bond donors (Lipinski definition) is 1. The fourth-order valence-electron chi connectivity index (χ4n) is 2.13. The van der Waals surface area contributed by atoms with E-state index in [0.717, 1.165) is 28.9 Å². The van der Waals surface area contributed by atoms with E-state index in [-0.39, 0.29) is 5.91 Å². The van der Waals surface area contributed by atoms with Crippen LogP contribution in [-0.4, -0.2) is 20.4 Å². The van der Waals surface area contributed by atoms with E-state index in [9.17, 15) is 4.79 Å². The Morgan fingerprint density at radius 1 is 1.63 bits per heavy atom. The molecule has 2 heterocycles. The molecule has 1 aliphatic rings. The van der Waals surface area contributed by atoms with Gasteiger partial charge >= 0.3 is 0 Å². The van der Waals surface area contributed by atoms with Crippen molar-refractivity contribution in [1.29, 1.82) is 0 Å². The van der Waals surface area contributed by atoms with E-state index in [1.54, 1.807) is 0 Å². The first-order valence-corrected chi connectivity index (χ1v) is 10.3. The molecule has 0 radical (unpaired) electrons. The summed E-state index contributed by atoms with van der Waals surface area (Å²) in [6.45, 7) is 1.49. The Morgan fingerprint density at radius 3 is 3.05 bits per heavy atom. The summed E-state index contributed by atoms with van der Waals surface area (Å²) in [5.74, 6) is 1.29. The molecule has 2 aromatic heterocycles. The monoisotopic (exact) mass is 388 g/mol. The summed E-state index contributed by atoms with van der Waals surface area (Å²) in [6, 6.07) is 1.91. The lowest BCUT2D eigenvalue weighted by atomic mass is 10.1. The molecular weight excluding hydrogens is 374 g/mol. The lowest BCUT2D eigenvalue weighted by molar-refractivity contribution is -0.114. The highest BCUT2D eigenvalue weighted by Crippen LogP contribution is 2.36. The van der Waals surface area contributed by atoms with Gasteiger partial charge in [0, 0.05) is 24.6 Å². The van der Waals surface area contributed by atoms with Crippen molar-refractivity contribution in [1.82, 2.24) is 14.5 Å². The van der Waals surface area contributed by atoms with Crippen molar-refractivity contribution in [2.75, 3.05) is 5.32 Å². The van der Waals surface area contributed by atoms with Crippen LogP contribution in [0.1, 0.15) is 25.5 Å². The van der Waals surface area contributed by atoms with Gasteiger partial charge in [-0.3, -0.25) is 4.79 Å². The van der Waals surface area contributed by atoms with Crippen LogP contribution in [0, 0.1) is 5.92 Å². The Bertz CT molecular complexity index is 638. The topological polar surface area (TPSA) is 59.8 Å². The second-order valence-corrected chi connectivity index (χ2v) is 6.90. The fourth-order valence-corrected chi connectivity index (χ4v) is 3.67. The molecule has 7 heteroatoms. The van der Waals surface area contributed by atoms with Crippen molar-refractivity contribution in [3.63, 3.8) is 0 Å². The molecule has 100 valence electrons. The highest BCUT2D eigenvalue weighted by atomic mass is 127. The molecule has 0 bridgehead atoms. The van der Waals surface area contributed by atoms with Gasteiger partial charge in [-0.2, -0.15) is 5.10 Å². The lowest BCUT2D eigenvalue weighted by Gasteiger charge is -2.02. The number of pyridine rings is 1. The van der Waals surface area contributed by atoms with Crippen LogP contribution in [-0.2, 0) is 11.2 Å². The van der Waals surface area contributed by atoms with E-state index < -0.39 is 0 Å². The number of nitrogens with zero attached hydrogens (tertiary/aromatic N) is 3. The normalized spacial score (nSPS) is 15.5. The van der Waals surface area contributed by atoms with Gasteiger partial charge in [0.25, 0.3) is 0 Å². The molecule has 2 aromatic rings. The molecule has 0 aromatic carbocycles. The Morgan fingerprint density at radius 2 is 2.42 bits per heavy atom. The number of carbonyl (C=O) groups is 1. The van der Waals surface area contributed by atoms with Crippen molar-refractivity contribution in [3.05, 3.63) is 18.0 Å². The van der Waals surface area contributed by atoms with Gasteiger partial charge in [-0.05, 0) is 47.2 Å². The second-order valence-electron chi connectivity index (χ2n) is 4.86. The van der Waals surface area contributed by atoms with E-state index in [2.05, 4.69) is 37.4 Å². The summed E-state index contributed by atoms with van der Waals surface area (Å²) >= 11 is 2.32. The molecule has 19 heavy (non-hydrogen) atoms. The van der Waals surface area contributed by atoms with Crippen LogP contribution in [0.5, 0.6) is 0 Å². The van der Waals surface area contributed by atoms with Gasteiger partial charge in [0.15, 0.2) is 0 Å². The molecular formula is C12H14IN4OP. The first-order chi connectivity index (χ1) is 9.17. The Balaban J connectivity index is 2.02. The van der Waals surface area contributed by atoms with Gasteiger partial charge < -0.3 is 5.32 Å². The van der Waals surface area contributed by atoms with Crippen LogP contribution in [0.3, 0.4) is 0 Å². The van der Waals surface area contributed by atoms with Gasteiger partial charge in [-0.25, -0.2) is 9.44 Å². The van der Waals surface area contributed by atoms with E-state index in [1.807, 2.05) is 16.7 Å². The number of aromatic nitrogens is 3. The summed E-state index contributed by atoms with van der Waals surface area (Å²) in [5, 5.41) is 8.51. The number of halogens is 1. The molecule has 5 nitrogen and oxygen atoms in total. The molecule has 1 aliphatic carbocycles. The summed E-state index contributed by atoms with van der Waals surface area (Å²) in [5.41, 5.74) is 2.20. The van der Waals surface area contributed by atoms with E-state index in [1.165, 1.54) is 19.8 Å². The fraction of sp³-hybridized carbons (Fsp3) is 0.417. The van der Waals surface area contributed by atoms with Gasteiger partial charge in [0.1, 0.15) is 5.82 Å². The molecule has 1 saturated carbocycles. The van der Waals surface area contributed by atoms with Crippen LogP contribution >= 0.6 is 28.4 Å². The van der Waals surface area contributed by atoms with E-state index in [0.29, 0.717) is 12.2 Å². The molecule has 1 fully saturated rings. The van der Waals surface area contributed by atoms with Crippen molar-refractivity contribution in [3.8, 4) is 0 Å². The molecule has 1 N–H and O–H groups in total. The maximum Gasteiger partial charge on any atom is 0.222 e. The summed E-state index contributed by atoms with van der Waals surface area (Å²) in [7, 11) is 0. The van der Waals surface area contributed by atoms with Gasteiger partial charge in [-0.15, -0.1) is 0 Å². The summed E-state index contributed by atoms with van der Waals surface area (Å²) < 4.78 is 2.00. The van der Waals surface area contributed by atoms with E-state index in [4.69, 9.17) is 0 Å². The number of rotatable bonds is 4. The summed E-state index contributed by atoms with van der Waals surface area (Å²) in [6.07, 6.45) is 6.06. The van der Waals surface area contributed by atoms with Crippen molar-refractivity contribution in [2.24, 2.45) is 5.92 Å². The van der Waals surface area contributed by atoms with E-state index >= 15 is 0 Å². The molecule has 1 amide bonds. The van der Waals surface area contributed by atoms with Gasteiger partial charge in [-0.1, -0.05) is 0 Å². The predicted molar refractivity (Wildman–Crippen MR) is 86.0 cm³/mol. The number of anilines is 1. The number of amides is 1. The minimum absolute atomic E-state index is 0.104. The first kappa shape index (κ1) is 13.2. The molecule has 0 spiro atoms. The van der Waals surface area contributed by atoms with Crippen LogP contribution < -0.4 is 5.32 Å². The van der Waals surface area contributed by atoms with Crippen molar-refractivity contribution < 1.29 is 4.79 Å². The largest absolute Gasteiger partial charge is 0.311 e.